The summed E-state index contributed by atoms with van der Waals surface area (Å²) in [7, 11) is 0. The maximum absolute atomic E-state index is 11.6. The average molecular weight is 341 g/mol. The van der Waals surface area contributed by atoms with E-state index < -0.39 is 0 Å². The molecule has 0 heterocycles. The van der Waals surface area contributed by atoms with Gasteiger partial charge in [0.15, 0.2) is 6.61 Å². The van der Waals surface area contributed by atoms with Crippen molar-refractivity contribution in [1.29, 1.82) is 0 Å². The minimum absolute atomic E-state index is 0.0442. The van der Waals surface area contributed by atoms with Gasteiger partial charge in [-0.1, -0.05) is 29.8 Å². The van der Waals surface area contributed by atoms with E-state index in [1.807, 2.05) is 18.2 Å². The molecule has 2 N–H and O–H groups in total. The molecule has 4 nitrogen and oxygen atoms in total. The minimum Gasteiger partial charge on any atom is -0.484 e. The van der Waals surface area contributed by atoms with E-state index >= 15 is 0 Å². The van der Waals surface area contributed by atoms with Gasteiger partial charge >= 0.3 is 0 Å². The van der Waals surface area contributed by atoms with Gasteiger partial charge < -0.3 is 15.4 Å². The highest BCUT2D eigenvalue weighted by atomic mass is 79.9. The van der Waals surface area contributed by atoms with Gasteiger partial charge in [-0.2, -0.15) is 0 Å². The Balaban J connectivity index is 1.87. The van der Waals surface area contributed by atoms with E-state index in [0.717, 1.165) is 35.2 Å². The van der Waals surface area contributed by atoms with Crippen LogP contribution in [0.4, 0.5) is 0 Å². The number of carbonyl (C=O) groups is 1. The lowest BCUT2D eigenvalue weighted by Gasteiger charge is -2.12. The van der Waals surface area contributed by atoms with E-state index in [1.165, 1.54) is 0 Å². The van der Waals surface area contributed by atoms with Gasteiger partial charge in [0.25, 0.3) is 5.91 Å². The summed E-state index contributed by atoms with van der Waals surface area (Å²) in [6.45, 7) is 5.06. The molecule has 0 bridgehead atoms. The van der Waals surface area contributed by atoms with Gasteiger partial charge in [-0.3, -0.25) is 4.79 Å². The topological polar surface area (TPSA) is 50.4 Å². The van der Waals surface area contributed by atoms with E-state index in [0.29, 0.717) is 12.1 Å². The Morgan fingerprint density at radius 1 is 1.45 bits per heavy atom. The van der Waals surface area contributed by atoms with Crippen LogP contribution in [0.2, 0.25) is 0 Å². The van der Waals surface area contributed by atoms with Gasteiger partial charge in [-0.05, 0) is 36.6 Å². The fourth-order valence-electron chi connectivity index (χ4n) is 1.74. The molecule has 1 fully saturated rings. The molecule has 1 amide bonds. The van der Waals surface area contributed by atoms with Crippen LogP contribution >= 0.6 is 15.9 Å². The number of halogens is 1. The van der Waals surface area contributed by atoms with Crippen molar-refractivity contribution in [3.63, 3.8) is 0 Å². The molecule has 0 aliphatic heterocycles. The summed E-state index contributed by atoms with van der Waals surface area (Å²) in [6.07, 6.45) is 2.18. The molecule has 1 aromatic rings. The van der Waals surface area contributed by atoms with Gasteiger partial charge in [0.1, 0.15) is 5.75 Å². The van der Waals surface area contributed by atoms with Gasteiger partial charge in [0.05, 0.1) is 0 Å². The van der Waals surface area contributed by atoms with Gasteiger partial charge in [0.2, 0.25) is 0 Å². The third kappa shape index (κ3) is 5.13. The number of ether oxygens (including phenoxy) is 1. The lowest BCUT2D eigenvalue weighted by Crippen LogP contribution is -2.30. The fraction of sp³-hybridized carbons (Fsp3) is 0.533. The lowest BCUT2D eigenvalue weighted by molar-refractivity contribution is -0.123. The first-order valence-electron chi connectivity index (χ1n) is 6.98. The normalized spacial score (nSPS) is 14.4. The Labute approximate surface area is 128 Å². The van der Waals surface area contributed by atoms with Crippen LogP contribution in [0, 0.1) is 0 Å². The van der Waals surface area contributed by atoms with Crippen molar-refractivity contribution in [1.82, 2.24) is 10.6 Å². The Hall–Kier alpha value is -1.07. The van der Waals surface area contributed by atoms with Crippen LogP contribution in [0.5, 0.6) is 5.75 Å². The Morgan fingerprint density at radius 3 is 2.85 bits per heavy atom. The van der Waals surface area contributed by atoms with Gasteiger partial charge in [0, 0.05) is 23.1 Å². The zero-order valence-electron chi connectivity index (χ0n) is 11.9. The highest BCUT2D eigenvalue weighted by molar-refractivity contribution is 9.10. The van der Waals surface area contributed by atoms with Gasteiger partial charge in [-0.15, -0.1) is 0 Å². The summed E-state index contributed by atoms with van der Waals surface area (Å²) in [6, 6.07) is 6.58. The maximum atomic E-state index is 11.6. The average Bonchev–Trinajstić information content (AvgIpc) is 3.20. The maximum Gasteiger partial charge on any atom is 0.258 e. The molecule has 1 saturated carbocycles. The largest absolute Gasteiger partial charge is 0.484 e. The SMILES string of the molecule is CC(C)NCc1cc(OCC(=O)NC2CC2)ccc1Br. The van der Waals surface area contributed by atoms with Crippen molar-refractivity contribution in [2.24, 2.45) is 0 Å². The number of benzene rings is 1. The molecule has 1 aromatic carbocycles. The summed E-state index contributed by atoms with van der Waals surface area (Å²) >= 11 is 3.53. The predicted molar refractivity (Wildman–Crippen MR) is 82.8 cm³/mol. The van der Waals surface area contributed by atoms with Crippen LogP contribution in [0.3, 0.4) is 0 Å². The third-order valence-electron chi connectivity index (χ3n) is 3.03. The third-order valence-corrected chi connectivity index (χ3v) is 3.80. The second-order valence-corrected chi connectivity index (χ2v) is 6.27. The van der Waals surface area contributed by atoms with Crippen molar-refractivity contribution < 1.29 is 9.53 Å². The second-order valence-electron chi connectivity index (χ2n) is 5.42. The van der Waals surface area contributed by atoms with E-state index in [-0.39, 0.29) is 12.5 Å². The zero-order chi connectivity index (χ0) is 14.5. The van der Waals surface area contributed by atoms with Crippen molar-refractivity contribution >= 4 is 21.8 Å². The summed E-state index contributed by atoms with van der Waals surface area (Å²) in [4.78, 5) is 11.6. The smallest absolute Gasteiger partial charge is 0.258 e. The molecule has 110 valence electrons. The minimum atomic E-state index is -0.0442. The number of carbonyl (C=O) groups excluding carboxylic acids is 1. The first-order valence-corrected chi connectivity index (χ1v) is 7.78. The molecule has 5 heteroatoms. The van der Waals surface area contributed by atoms with Crippen LogP contribution in [-0.2, 0) is 11.3 Å². The fourth-order valence-corrected chi connectivity index (χ4v) is 2.12. The molecule has 2 rings (SSSR count). The number of hydrogen-bond donors (Lipinski definition) is 2. The van der Waals surface area contributed by atoms with Crippen molar-refractivity contribution in [2.45, 2.75) is 45.3 Å². The first kappa shape index (κ1) is 15.3. The molecular formula is C15H21BrN2O2. The Morgan fingerprint density at radius 2 is 2.20 bits per heavy atom. The summed E-state index contributed by atoms with van der Waals surface area (Å²) in [5.74, 6) is 0.678. The molecule has 1 aliphatic carbocycles. The number of nitrogens with one attached hydrogen (secondary N) is 2. The Kier molecular flexibility index (Phi) is 5.43. The highest BCUT2D eigenvalue weighted by Crippen LogP contribution is 2.23. The second kappa shape index (κ2) is 7.09. The molecule has 0 atom stereocenters. The summed E-state index contributed by atoms with van der Waals surface area (Å²) in [5.41, 5.74) is 1.12. The molecule has 20 heavy (non-hydrogen) atoms. The van der Waals surface area contributed by atoms with Crippen LogP contribution < -0.4 is 15.4 Å². The van der Waals surface area contributed by atoms with Gasteiger partial charge in [-0.25, -0.2) is 0 Å². The number of amides is 1. The first-order chi connectivity index (χ1) is 9.54. The van der Waals surface area contributed by atoms with Crippen LogP contribution in [0.15, 0.2) is 22.7 Å². The van der Waals surface area contributed by atoms with Crippen molar-refractivity contribution in [3.8, 4) is 5.75 Å². The van der Waals surface area contributed by atoms with E-state index in [2.05, 4.69) is 40.4 Å². The lowest BCUT2D eigenvalue weighted by atomic mass is 10.2. The van der Waals surface area contributed by atoms with E-state index in [4.69, 9.17) is 4.74 Å². The van der Waals surface area contributed by atoms with E-state index in [9.17, 15) is 4.79 Å². The molecule has 0 spiro atoms. The Bertz CT molecular complexity index is 473. The highest BCUT2D eigenvalue weighted by Gasteiger charge is 2.23. The zero-order valence-corrected chi connectivity index (χ0v) is 13.5. The molecule has 0 aromatic heterocycles. The van der Waals surface area contributed by atoms with E-state index in [1.54, 1.807) is 0 Å². The predicted octanol–water partition coefficient (Wildman–Crippen LogP) is 2.60. The molecular weight excluding hydrogens is 320 g/mol. The molecule has 0 radical (unpaired) electrons. The van der Waals surface area contributed by atoms with Crippen LogP contribution in [0.25, 0.3) is 0 Å². The molecule has 0 unspecified atom stereocenters. The van der Waals surface area contributed by atoms with Crippen LogP contribution in [0.1, 0.15) is 32.3 Å². The monoisotopic (exact) mass is 340 g/mol. The van der Waals surface area contributed by atoms with Crippen molar-refractivity contribution in [3.05, 3.63) is 28.2 Å². The van der Waals surface area contributed by atoms with Crippen LogP contribution in [-0.4, -0.2) is 24.6 Å². The number of rotatable bonds is 7. The summed E-state index contributed by atoms with van der Waals surface area (Å²) in [5, 5.41) is 6.27. The molecule has 1 aliphatic rings. The number of hydrogen-bond acceptors (Lipinski definition) is 3. The quantitative estimate of drug-likeness (QED) is 0.802. The summed E-state index contributed by atoms with van der Waals surface area (Å²) < 4.78 is 6.58. The molecule has 0 saturated heterocycles. The standard InChI is InChI=1S/C15H21BrN2O2/c1-10(2)17-8-11-7-13(5-6-14(11)16)20-9-15(19)18-12-3-4-12/h5-7,10,12,17H,3-4,8-9H2,1-2H3,(H,18,19). The van der Waals surface area contributed by atoms with Crippen molar-refractivity contribution in [2.75, 3.05) is 6.61 Å².